The molecule has 3 heteroatoms. The van der Waals surface area contributed by atoms with Crippen molar-refractivity contribution in [2.75, 3.05) is 0 Å². The van der Waals surface area contributed by atoms with Crippen LogP contribution < -0.4 is 24.8 Å². The van der Waals surface area contributed by atoms with Gasteiger partial charge in [-0.25, -0.2) is 0 Å². The first-order chi connectivity index (χ1) is 6.12. The van der Waals surface area contributed by atoms with E-state index >= 15 is 0 Å². The zero-order valence-corrected chi connectivity index (χ0v) is 12.8. The molecule has 0 aromatic carbocycles. The Morgan fingerprint density at radius 1 is 0.667 bits per heavy atom. The van der Waals surface area contributed by atoms with Crippen molar-refractivity contribution in [3.8, 4) is 0 Å². The van der Waals surface area contributed by atoms with Crippen LogP contribution in [0.25, 0.3) is 0 Å². The fourth-order valence-electron chi connectivity index (χ4n) is 1.88. The molecule has 0 aromatic heterocycles. The summed E-state index contributed by atoms with van der Waals surface area (Å²) in [5.74, 6) is 0. The van der Waals surface area contributed by atoms with Gasteiger partial charge in [-0.05, 0) is 0 Å². The number of allylic oxidation sites excluding steroid dienone is 8. The van der Waals surface area contributed by atoms with Crippen molar-refractivity contribution >= 4 is 0 Å². The third-order valence-electron chi connectivity index (χ3n) is 2.53. The minimum absolute atomic E-state index is 0. The van der Waals surface area contributed by atoms with Crippen molar-refractivity contribution in [2.24, 2.45) is 0 Å². The fourth-order valence-corrected chi connectivity index (χ4v) is 6.50. The van der Waals surface area contributed by atoms with E-state index in [-0.39, 0.29) is 24.8 Å². The molecule has 2 aliphatic carbocycles. The van der Waals surface area contributed by atoms with Gasteiger partial charge >= 0.3 is 91.9 Å². The maximum absolute atomic E-state index is 2.37. The third kappa shape index (κ3) is 3.73. The largest absolute Gasteiger partial charge is 1.00 e. The first kappa shape index (κ1) is 15.4. The quantitative estimate of drug-likeness (QED) is 0.536. The summed E-state index contributed by atoms with van der Waals surface area (Å²) in [6.45, 7) is 4.73. The first-order valence-electron chi connectivity index (χ1n) is 4.65. The van der Waals surface area contributed by atoms with Gasteiger partial charge in [0.25, 0.3) is 0 Å². The average Bonchev–Trinajstić information content (AvgIpc) is 2.60. The molecule has 0 fully saturated rings. The Balaban J connectivity index is 0.000000980. The molecule has 2 rings (SSSR count). The van der Waals surface area contributed by atoms with Crippen LogP contribution in [0.1, 0.15) is 13.8 Å². The summed E-state index contributed by atoms with van der Waals surface area (Å²) >= 11 is -0.477. The van der Waals surface area contributed by atoms with E-state index in [0.717, 1.165) is 0 Å². The molecule has 0 atom stereocenters. The molecule has 0 saturated heterocycles. The standard InChI is InChI=1S/2C6H7.2ClH.Zr/c2*1-6-4-2-3-5-6;;;/h2*2-5H,1H3;2*1H;/q;;;;+2/p-2. The van der Waals surface area contributed by atoms with E-state index in [1.807, 2.05) is 0 Å². The Morgan fingerprint density at radius 3 is 1.20 bits per heavy atom. The van der Waals surface area contributed by atoms with E-state index in [2.05, 4.69) is 62.5 Å². The molecular weight excluding hydrogens is 306 g/mol. The minimum Gasteiger partial charge on any atom is -1.00 e. The summed E-state index contributed by atoms with van der Waals surface area (Å²) in [5, 5.41) is 0. The van der Waals surface area contributed by atoms with Crippen molar-refractivity contribution < 1.29 is 48.0 Å². The predicted octanol–water partition coefficient (Wildman–Crippen LogP) is -2.31. The molecule has 0 spiro atoms. The smallest absolute Gasteiger partial charge is 1.00 e. The van der Waals surface area contributed by atoms with Crippen LogP contribution in [-0.2, 0) is 23.2 Å². The van der Waals surface area contributed by atoms with E-state index in [1.54, 1.807) is 0 Å². The normalized spacial score (nSPS) is 22.0. The number of rotatable bonds is 2. The summed E-state index contributed by atoms with van der Waals surface area (Å²) in [4.78, 5) is 0. The van der Waals surface area contributed by atoms with Crippen LogP contribution in [0, 0.1) is 0 Å². The molecule has 0 saturated carbocycles. The molecule has 0 heterocycles. The zero-order valence-electron chi connectivity index (χ0n) is 8.87. The Bertz CT molecular complexity index is 271. The van der Waals surface area contributed by atoms with E-state index < -0.39 is 23.2 Å². The molecule has 0 N–H and O–H groups in total. The summed E-state index contributed by atoms with van der Waals surface area (Å²) in [6, 6.07) is 0. The van der Waals surface area contributed by atoms with Gasteiger partial charge in [-0.3, -0.25) is 0 Å². The Labute approximate surface area is 116 Å². The molecule has 0 aromatic rings. The predicted molar refractivity (Wildman–Crippen MR) is 53.3 cm³/mol. The maximum Gasteiger partial charge on any atom is -1.00 e. The average molecular weight is 320 g/mol. The van der Waals surface area contributed by atoms with Gasteiger partial charge in [-0.1, -0.05) is 0 Å². The fraction of sp³-hybridized carbons (Fsp3) is 0.333. The van der Waals surface area contributed by atoms with E-state index in [0.29, 0.717) is 6.25 Å². The summed E-state index contributed by atoms with van der Waals surface area (Å²) in [6.07, 6.45) is 18.2. The molecular formula is C12H14Cl2Zr. The van der Waals surface area contributed by atoms with Gasteiger partial charge in [0.15, 0.2) is 0 Å². The minimum atomic E-state index is -0.477. The maximum atomic E-state index is 2.37. The van der Waals surface area contributed by atoms with E-state index in [4.69, 9.17) is 0 Å². The van der Waals surface area contributed by atoms with Gasteiger partial charge in [-0.2, -0.15) is 0 Å². The van der Waals surface area contributed by atoms with Gasteiger partial charge in [-0.15, -0.1) is 0 Å². The van der Waals surface area contributed by atoms with Crippen LogP contribution in [0.3, 0.4) is 0 Å². The molecule has 0 nitrogen and oxygen atoms in total. The molecule has 80 valence electrons. The monoisotopic (exact) mass is 318 g/mol. The van der Waals surface area contributed by atoms with Gasteiger partial charge in [0, 0.05) is 0 Å². The van der Waals surface area contributed by atoms with Crippen molar-refractivity contribution in [3.63, 3.8) is 0 Å². The van der Waals surface area contributed by atoms with Crippen LogP contribution in [0.5, 0.6) is 0 Å². The van der Waals surface area contributed by atoms with Crippen molar-refractivity contribution in [2.45, 2.75) is 20.1 Å². The SMILES string of the molecule is C[C]1([Zr+2][C]2(C)C=CC=C2)C=CC=C1.[Cl-].[Cl-]. The van der Waals surface area contributed by atoms with Crippen LogP contribution in [0.2, 0.25) is 6.25 Å². The molecule has 0 amide bonds. The van der Waals surface area contributed by atoms with Gasteiger partial charge in [0.1, 0.15) is 0 Å². The van der Waals surface area contributed by atoms with Gasteiger partial charge in [0.05, 0.1) is 0 Å². The van der Waals surface area contributed by atoms with Crippen molar-refractivity contribution in [3.05, 3.63) is 48.6 Å². The number of halogens is 2. The molecule has 2 aliphatic rings. The first-order valence-corrected chi connectivity index (χ1v) is 7.11. The molecule has 0 aliphatic heterocycles. The zero-order chi connectivity index (χ0) is 9.36. The Hall–Kier alpha value is 0.423. The van der Waals surface area contributed by atoms with Gasteiger partial charge < -0.3 is 24.8 Å². The van der Waals surface area contributed by atoms with E-state index in [9.17, 15) is 0 Å². The molecule has 0 unspecified atom stereocenters. The van der Waals surface area contributed by atoms with Crippen LogP contribution in [0.4, 0.5) is 0 Å². The third-order valence-corrected chi connectivity index (χ3v) is 6.82. The second-order valence-electron chi connectivity index (χ2n) is 4.13. The second kappa shape index (κ2) is 5.66. The molecule has 15 heavy (non-hydrogen) atoms. The Morgan fingerprint density at radius 2 is 0.933 bits per heavy atom. The number of hydrogen-bond donors (Lipinski definition) is 0. The summed E-state index contributed by atoms with van der Waals surface area (Å²) < 4.78 is 0.855. The molecule has 0 bridgehead atoms. The van der Waals surface area contributed by atoms with Crippen molar-refractivity contribution in [1.29, 1.82) is 0 Å². The van der Waals surface area contributed by atoms with E-state index in [1.165, 1.54) is 0 Å². The van der Waals surface area contributed by atoms with Crippen LogP contribution in [-0.4, -0.2) is 0 Å². The van der Waals surface area contributed by atoms with Gasteiger partial charge in [0.2, 0.25) is 0 Å². The van der Waals surface area contributed by atoms with Crippen molar-refractivity contribution in [1.82, 2.24) is 0 Å². The topological polar surface area (TPSA) is 0 Å². The van der Waals surface area contributed by atoms with Crippen LogP contribution >= 0.6 is 0 Å². The summed E-state index contributed by atoms with van der Waals surface area (Å²) in [5.41, 5.74) is 0. The Kier molecular flexibility index (Phi) is 5.82. The number of hydrogen-bond acceptors (Lipinski definition) is 0. The molecule has 0 radical (unpaired) electrons. The second-order valence-corrected chi connectivity index (χ2v) is 10.0. The summed E-state index contributed by atoms with van der Waals surface area (Å²) in [7, 11) is 0. The van der Waals surface area contributed by atoms with Crippen LogP contribution in [0.15, 0.2) is 48.6 Å².